The van der Waals surface area contributed by atoms with Gasteiger partial charge in [0, 0.05) is 11.8 Å². The SMILES string of the molecule is Cc1cccnc1-n1c(Cn2nc(-c3cccc(F)c3)c3c(N)ncnc32)cc2cccc(C)c2c1=O. The Morgan fingerprint density at radius 2 is 1.73 bits per heavy atom. The number of nitrogen functional groups attached to an aromatic ring is 1. The molecule has 0 atom stereocenters. The van der Waals surface area contributed by atoms with Gasteiger partial charge in [-0.2, -0.15) is 5.10 Å². The smallest absolute Gasteiger partial charge is 0.264 e. The van der Waals surface area contributed by atoms with Crippen molar-refractivity contribution in [3.63, 3.8) is 0 Å². The van der Waals surface area contributed by atoms with E-state index in [1.165, 1.54) is 18.5 Å². The molecule has 6 rings (SSSR count). The molecule has 0 aliphatic heterocycles. The first-order valence-corrected chi connectivity index (χ1v) is 11.7. The number of aryl methyl sites for hydroxylation is 2. The third-order valence-electron chi connectivity index (χ3n) is 6.49. The molecule has 0 saturated carbocycles. The molecule has 4 aromatic heterocycles. The van der Waals surface area contributed by atoms with Crippen molar-refractivity contribution in [2.75, 3.05) is 5.73 Å². The van der Waals surface area contributed by atoms with Crippen LogP contribution in [0.4, 0.5) is 10.2 Å². The average molecular weight is 492 g/mol. The summed E-state index contributed by atoms with van der Waals surface area (Å²) in [6.45, 7) is 4.03. The van der Waals surface area contributed by atoms with E-state index >= 15 is 0 Å². The number of aromatic nitrogens is 6. The van der Waals surface area contributed by atoms with Gasteiger partial charge in [-0.1, -0.05) is 36.4 Å². The molecule has 0 aliphatic rings. The number of nitrogens with two attached hydrogens (primary N) is 1. The molecule has 0 fully saturated rings. The summed E-state index contributed by atoms with van der Waals surface area (Å²) < 4.78 is 17.4. The van der Waals surface area contributed by atoms with Crippen molar-refractivity contribution in [3.8, 4) is 17.1 Å². The minimum Gasteiger partial charge on any atom is -0.383 e. The Balaban J connectivity index is 1.63. The third kappa shape index (κ3) is 3.72. The van der Waals surface area contributed by atoms with Crippen LogP contribution in [0.15, 0.2) is 78.0 Å². The third-order valence-corrected chi connectivity index (χ3v) is 6.49. The number of pyridine rings is 2. The van der Waals surface area contributed by atoms with Gasteiger partial charge < -0.3 is 5.73 Å². The van der Waals surface area contributed by atoms with E-state index in [0.717, 1.165) is 16.5 Å². The first-order valence-electron chi connectivity index (χ1n) is 11.7. The van der Waals surface area contributed by atoms with Crippen molar-refractivity contribution >= 4 is 27.6 Å². The highest BCUT2D eigenvalue weighted by Crippen LogP contribution is 2.31. The second-order valence-corrected chi connectivity index (χ2v) is 8.93. The maximum absolute atomic E-state index is 14.1. The van der Waals surface area contributed by atoms with E-state index in [2.05, 4.69) is 15.0 Å². The van der Waals surface area contributed by atoms with Crippen molar-refractivity contribution in [2.24, 2.45) is 0 Å². The molecule has 182 valence electrons. The van der Waals surface area contributed by atoms with Crippen molar-refractivity contribution in [3.05, 3.63) is 106 Å². The van der Waals surface area contributed by atoms with E-state index in [-0.39, 0.29) is 23.7 Å². The highest BCUT2D eigenvalue weighted by Gasteiger charge is 2.21. The van der Waals surface area contributed by atoms with E-state index in [0.29, 0.717) is 39.2 Å². The lowest BCUT2D eigenvalue weighted by Gasteiger charge is -2.16. The Bertz CT molecular complexity index is 1890. The Hall–Kier alpha value is -4.92. The van der Waals surface area contributed by atoms with E-state index < -0.39 is 0 Å². The number of fused-ring (bicyclic) bond motifs is 2. The van der Waals surface area contributed by atoms with Crippen LogP contribution in [0.3, 0.4) is 0 Å². The van der Waals surface area contributed by atoms with E-state index in [9.17, 15) is 9.18 Å². The van der Waals surface area contributed by atoms with Gasteiger partial charge in [0.1, 0.15) is 29.5 Å². The Morgan fingerprint density at radius 3 is 2.54 bits per heavy atom. The second-order valence-electron chi connectivity index (χ2n) is 8.93. The van der Waals surface area contributed by atoms with Gasteiger partial charge in [-0.15, -0.1) is 0 Å². The normalized spacial score (nSPS) is 11.4. The van der Waals surface area contributed by atoms with E-state index in [1.807, 2.05) is 50.2 Å². The van der Waals surface area contributed by atoms with Crippen LogP contribution in [0.5, 0.6) is 0 Å². The number of anilines is 1. The van der Waals surface area contributed by atoms with Crippen LogP contribution in [-0.4, -0.2) is 29.3 Å². The molecule has 9 heteroatoms. The Kier molecular flexibility index (Phi) is 5.26. The Morgan fingerprint density at radius 1 is 0.919 bits per heavy atom. The zero-order chi connectivity index (χ0) is 25.7. The summed E-state index contributed by atoms with van der Waals surface area (Å²) in [7, 11) is 0. The van der Waals surface area contributed by atoms with Gasteiger partial charge in [0.25, 0.3) is 5.56 Å². The summed E-state index contributed by atoms with van der Waals surface area (Å²) in [5.74, 6) is 0.395. The van der Waals surface area contributed by atoms with Crippen molar-refractivity contribution in [2.45, 2.75) is 20.4 Å². The predicted molar refractivity (Wildman–Crippen MR) is 141 cm³/mol. The van der Waals surface area contributed by atoms with E-state index in [4.69, 9.17) is 10.8 Å². The highest BCUT2D eigenvalue weighted by molar-refractivity contribution is 5.98. The number of hydrogen-bond donors (Lipinski definition) is 1. The van der Waals surface area contributed by atoms with Gasteiger partial charge in [-0.05, 0) is 54.6 Å². The Labute approximate surface area is 210 Å². The zero-order valence-electron chi connectivity index (χ0n) is 20.2. The molecular weight excluding hydrogens is 469 g/mol. The molecule has 0 bridgehead atoms. The lowest BCUT2D eigenvalue weighted by molar-refractivity contribution is 0.628. The maximum atomic E-state index is 14.1. The molecule has 0 radical (unpaired) electrons. The molecule has 0 spiro atoms. The number of benzene rings is 2. The molecule has 4 heterocycles. The largest absolute Gasteiger partial charge is 0.383 e. The molecular formula is C28H22FN7O. The monoisotopic (exact) mass is 491 g/mol. The molecule has 0 saturated heterocycles. The van der Waals surface area contributed by atoms with Crippen molar-refractivity contribution in [1.29, 1.82) is 0 Å². The van der Waals surface area contributed by atoms with Gasteiger partial charge in [0.2, 0.25) is 0 Å². The lowest BCUT2D eigenvalue weighted by Crippen LogP contribution is -2.26. The summed E-state index contributed by atoms with van der Waals surface area (Å²) in [5.41, 5.74) is 9.97. The van der Waals surface area contributed by atoms with Crippen LogP contribution in [0.25, 0.3) is 38.9 Å². The lowest BCUT2D eigenvalue weighted by atomic mass is 10.1. The quantitative estimate of drug-likeness (QED) is 0.387. The van der Waals surface area contributed by atoms with Gasteiger partial charge in [0.15, 0.2) is 5.65 Å². The minimum absolute atomic E-state index is 0.164. The fraction of sp³-hybridized carbons (Fsp3) is 0.107. The van der Waals surface area contributed by atoms with Crippen LogP contribution >= 0.6 is 0 Å². The van der Waals surface area contributed by atoms with Crippen LogP contribution in [0, 0.1) is 19.7 Å². The summed E-state index contributed by atoms with van der Waals surface area (Å²) in [6.07, 6.45) is 3.03. The summed E-state index contributed by atoms with van der Waals surface area (Å²) in [4.78, 5) is 27.0. The molecule has 8 nitrogen and oxygen atoms in total. The van der Waals surface area contributed by atoms with Crippen LogP contribution in [-0.2, 0) is 6.54 Å². The molecule has 6 aromatic rings. The van der Waals surface area contributed by atoms with Gasteiger partial charge in [0.05, 0.1) is 23.0 Å². The second kappa shape index (κ2) is 8.63. The average Bonchev–Trinajstić information content (AvgIpc) is 3.25. The van der Waals surface area contributed by atoms with Crippen molar-refractivity contribution < 1.29 is 4.39 Å². The molecule has 2 aromatic carbocycles. The number of rotatable bonds is 4. The molecule has 0 amide bonds. The summed E-state index contributed by atoms with van der Waals surface area (Å²) in [5, 5.41) is 6.75. The number of nitrogens with zero attached hydrogens (tertiary/aromatic N) is 6. The molecule has 37 heavy (non-hydrogen) atoms. The highest BCUT2D eigenvalue weighted by atomic mass is 19.1. The number of hydrogen-bond acceptors (Lipinski definition) is 6. The molecule has 2 N–H and O–H groups in total. The topological polar surface area (TPSA) is 105 Å². The van der Waals surface area contributed by atoms with Gasteiger partial charge in [-0.25, -0.2) is 24.0 Å². The maximum Gasteiger partial charge on any atom is 0.264 e. The van der Waals surface area contributed by atoms with Gasteiger partial charge >= 0.3 is 0 Å². The summed E-state index contributed by atoms with van der Waals surface area (Å²) >= 11 is 0. The summed E-state index contributed by atoms with van der Waals surface area (Å²) in [6, 6.07) is 17.6. The minimum atomic E-state index is -0.389. The first kappa shape index (κ1) is 22.5. The van der Waals surface area contributed by atoms with Gasteiger partial charge in [-0.3, -0.25) is 9.36 Å². The molecule has 0 unspecified atom stereocenters. The fourth-order valence-corrected chi connectivity index (χ4v) is 4.78. The van der Waals surface area contributed by atoms with Crippen molar-refractivity contribution in [1.82, 2.24) is 29.3 Å². The first-order chi connectivity index (χ1) is 17.9. The number of halogens is 1. The van der Waals surface area contributed by atoms with Crippen LogP contribution in [0.2, 0.25) is 0 Å². The van der Waals surface area contributed by atoms with Crippen LogP contribution in [0.1, 0.15) is 16.8 Å². The van der Waals surface area contributed by atoms with Crippen LogP contribution < -0.4 is 11.3 Å². The molecule has 0 aliphatic carbocycles. The fourth-order valence-electron chi connectivity index (χ4n) is 4.78. The standard InChI is InChI=1S/C28H22FN7O/c1-16-6-3-8-18-13-21(36(28(37)22(16)18)26-17(2)7-5-11-31-26)14-35-27-23(25(30)32-15-33-27)24(34-35)19-9-4-10-20(29)12-19/h3-13,15H,14H2,1-2H3,(H2,30,32,33). The predicted octanol–water partition coefficient (Wildman–Crippen LogP) is 4.58. The zero-order valence-corrected chi connectivity index (χ0v) is 20.2. The van der Waals surface area contributed by atoms with E-state index in [1.54, 1.807) is 27.6 Å².